The smallest absolute Gasteiger partial charge is 0.137 e. The first-order valence-electron chi connectivity index (χ1n) is 7.31. The first-order chi connectivity index (χ1) is 9.15. The van der Waals surface area contributed by atoms with Gasteiger partial charge in [0.05, 0.1) is 4.47 Å². The van der Waals surface area contributed by atoms with Crippen molar-refractivity contribution in [1.82, 2.24) is 5.32 Å². The van der Waals surface area contributed by atoms with Crippen LogP contribution in [0, 0.1) is 23.6 Å². The third-order valence-electron chi connectivity index (χ3n) is 5.08. The van der Waals surface area contributed by atoms with Crippen molar-refractivity contribution >= 4 is 15.9 Å². The quantitative estimate of drug-likeness (QED) is 0.859. The molecule has 2 bridgehead atoms. The van der Waals surface area contributed by atoms with Crippen LogP contribution in [0.5, 0.6) is 0 Å². The lowest BCUT2D eigenvalue weighted by Gasteiger charge is -2.28. The highest BCUT2D eigenvalue weighted by atomic mass is 79.9. The van der Waals surface area contributed by atoms with Gasteiger partial charge in [-0.25, -0.2) is 4.39 Å². The summed E-state index contributed by atoms with van der Waals surface area (Å²) in [6.45, 7) is 3.03. The largest absolute Gasteiger partial charge is 0.310 e. The molecule has 0 spiro atoms. The Morgan fingerprint density at radius 1 is 1.37 bits per heavy atom. The summed E-state index contributed by atoms with van der Waals surface area (Å²) in [5.41, 5.74) is 1.01. The van der Waals surface area contributed by atoms with E-state index in [0.29, 0.717) is 10.5 Å². The second-order valence-corrected chi connectivity index (χ2v) is 7.01. The van der Waals surface area contributed by atoms with E-state index in [9.17, 15) is 4.39 Å². The van der Waals surface area contributed by atoms with Gasteiger partial charge in [-0.15, -0.1) is 0 Å². The molecule has 19 heavy (non-hydrogen) atoms. The maximum atomic E-state index is 13.5. The average Bonchev–Trinajstić information content (AvgIpc) is 3.02. The zero-order valence-corrected chi connectivity index (χ0v) is 12.9. The van der Waals surface area contributed by atoms with E-state index < -0.39 is 0 Å². The molecule has 2 aliphatic rings. The van der Waals surface area contributed by atoms with E-state index >= 15 is 0 Å². The third kappa shape index (κ3) is 2.73. The molecule has 0 heterocycles. The minimum atomic E-state index is -0.174. The van der Waals surface area contributed by atoms with Crippen LogP contribution in [0.25, 0.3) is 0 Å². The minimum absolute atomic E-state index is 0.174. The predicted octanol–water partition coefficient (Wildman–Crippen LogP) is 4.50. The zero-order valence-electron chi connectivity index (χ0n) is 11.3. The summed E-state index contributed by atoms with van der Waals surface area (Å²) in [6, 6.07) is 5.78. The van der Waals surface area contributed by atoms with Crippen molar-refractivity contribution in [3.05, 3.63) is 34.1 Å². The second kappa shape index (κ2) is 5.53. The lowest BCUT2D eigenvalue weighted by molar-refractivity contribution is 0.259. The van der Waals surface area contributed by atoms with Crippen LogP contribution in [-0.2, 0) is 6.54 Å². The Bertz CT molecular complexity index is 462. The highest BCUT2D eigenvalue weighted by Gasteiger charge is 2.41. The van der Waals surface area contributed by atoms with Gasteiger partial charge < -0.3 is 5.32 Å². The van der Waals surface area contributed by atoms with Crippen molar-refractivity contribution < 1.29 is 4.39 Å². The molecule has 104 valence electrons. The van der Waals surface area contributed by atoms with Crippen LogP contribution in [0.2, 0.25) is 0 Å². The fourth-order valence-corrected chi connectivity index (χ4v) is 4.42. The molecule has 2 fully saturated rings. The average molecular weight is 326 g/mol. The molecule has 3 rings (SSSR count). The van der Waals surface area contributed by atoms with Crippen molar-refractivity contribution in [2.75, 3.05) is 0 Å². The van der Waals surface area contributed by atoms with Crippen LogP contribution in [0.4, 0.5) is 4.39 Å². The molecule has 1 aromatic carbocycles. The number of hydrogen-bond donors (Lipinski definition) is 1. The molecular formula is C16H21BrFN. The Balaban J connectivity index is 1.58. The highest BCUT2D eigenvalue weighted by Crippen LogP contribution is 2.49. The molecule has 0 saturated heterocycles. The minimum Gasteiger partial charge on any atom is -0.310 e. The number of rotatable bonds is 4. The molecule has 0 aliphatic heterocycles. The summed E-state index contributed by atoms with van der Waals surface area (Å²) in [6.07, 6.45) is 5.71. The summed E-state index contributed by atoms with van der Waals surface area (Å²) in [7, 11) is 0. The Labute approximate surface area is 123 Å². The summed E-state index contributed by atoms with van der Waals surface area (Å²) in [5, 5.41) is 3.60. The lowest BCUT2D eigenvalue weighted by atomic mass is 9.84. The van der Waals surface area contributed by atoms with Gasteiger partial charge in [-0.05, 0) is 71.5 Å². The van der Waals surface area contributed by atoms with Crippen molar-refractivity contribution in [3.63, 3.8) is 0 Å². The van der Waals surface area contributed by atoms with Crippen molar-refractivity contribution in [3.8, 4) is 0 Å². The van der Waals surface area contributed by atoms with Crippen LogP contribution < -0.4 is 5.32 Å². The summed E-state index contributed by atoms with van der Waals surface area (Å²) < 4.78 is 14.1. The zero-order chi connectivity index (χ0) is 13.4. The molecule has 1 nitrogen and oxygen atoms in total. The van der Waals surface area contributed by atoms with Crippen LogP contribution in [0.3, 0.4) is 0 Å². The van der Waals surface area contributed by atoms with Gasteiger partial charge in [0.15, 0.2) is 0 Å². The second-order valence-electron chi connectivity index (χ2n) is 6.22. The van der Waals surface area contributed by atoms with Crippen molar-refractivity contribution in [1.29, 1.82) is 0 Å². The number of nitrogens with one attached hydrogen (secondary N) is 1. The van der Waals surface area contributed by atoms with E-state index in [4.69, 9.17) is 0 Å². The van der Waals surface area contributed by atoms with Gasteiger partial charge in [0.2, 0.25) is 0 Å². The molecule has 0 aromatic heterocycles. The molecule has 1 aromatic rings. The maximum absolute atomic E-state index is 13.5. The third-order valence-corrected chi connectivity index (χ3v) is 5.97. The standard InChI is InChI=1S/C16H21BrFN/c1-10(14-8-11-5-6-12(14)7-11)19-9-13-3-2-4-15(18)16(13)17/h2-4,10-12,14,19H,5-9H2,1H3. The number of fused-ring (bicyclic) bond motifs is 2. The first kappa shape index (κ1) is 13.6. The van der Waals surface area contributed by atoms with Crippen molar-refractivity contribution in [2.24, 2.45) is 17.8 Å². The maximum Gasteiger partial charge on any atom is 0.137 e. The van der Waals surface area contributed by atoms with E-state index in [0.717, 1.165) is 29.9 Å². The Kier molecular flexibility index (Phi) is 3.95. The summed E-state index contributed by atoms with van der Waals surface area (Å²) in [5.74, 6) is 2.57. The summed E-state index contributed by atoms with van der Waals surface area (Å²) in [4.78, 5) is 0. The number of benzene rings is 1. The van der Waals surface area contributed by atoms with E-state index in [1.165, 1.54) is 31.7 Å². The van der Waals surface area contributed by atoms with E-state index in [1.807, 2.05) is 6.07 Å². The lowest BCUT2D eigenvalue weighted by Crippen LogP contribution is -2.35. The summed E-state index contributed by atoms with van der Waals surface area (Å²) >= 11 is 3.33. The molecule has 2 aliphatic carbocycles. The fourth-order valence-electron chi connectivity index (χ4n) is 4.01. The molecule has 1 N–H and O–H groups in total. The molecule has 0 amide bonds. The molecular weight excluding hydrogens is 305 g/mol. The molecule has 0 radical (unpaired) electrons. The van der Waals surface area contributed by atoms with Gasteiger partial charge in [-0.1, -0.05) is 18.6 Å². The van der Waals surface area contributed by atoms with Crippen LogP contribution in [0.1, 0.15) is 38.2 Å². The van der Waals surface area contributed by atoms with Crippen molar-refractivity contribution in [2.45, 2.75) is 45.2 Å². The highest BCUT2D eigenvalue weighted by molar-refractivity contribution is 9.10. The number of halogens is 2. The van der Waals surface area contributed by atoms with Gasteiger partial charge in [0, 0.05) is 12.6 Å². The van der Waals surface area contributed by atoms with Gasteiger partial charge in [-0.2, -0.15) is 0 Å². The van der Waals surface area contributed by atoms with E-state index in [-0.39, 0.29) is 5.82 Å². The fraction of sp³-hybridized carbons (Fsp3) is 0.625. The topological polar surface area (TPSA) is 12.0 Å². The molecule has 4 atom stereocenters. The van der Waals surface area contributed by atoms with Crippen LogP contribution in [-0.4, -0.2) is 6.04 Å². The normalized spacial score (nSPS) is 30.8. The van der Waals surface area contributed by atoms with Gasteiger partial charge >= 0.3 is 0 Å². The Hall–Kier alpha value is -0.410. The SMILES string of the molecule is CC(NCc1cccc(F)c1Br)C1CC2CCC1C2. The number of hydrogen-bond acceptors (Lipinski definition) is 1. The van der Waals surface area contributed by atoms with Crippen LogP contribution >= 0.6 is 15.9 Å². The van der Waals surface area contributed by atoms with Gasteiger partial charge in [0.25, 0.3) is 0 Å². The molecule has 4 unspecified atom stereocenters. The Morgan fingerprint density at radius 3 is 2.89 bits per heavy atom. The van der Waals surface area contributed by atoms with Crippen LogP contribution in [0.15, 0.2) is 22.7 Å². The Morgan fingerprint density at radius 2 is 2.21 bits per heavy atom. The van der Waals surface area contributed by atoms with Gasteiger partial charge in [0.1, 0.15) is 5.82 Å². The van der Waals surface area contributed by atoms with E-state index in [2.05, 4.69) is 28.2 Å². The first-order valence-corrected chi connectivity index (χ1v) is 8.10. The monoisotopic (exact) mass is 325 g/mol. The predicted molar refractivity (Wildman–Crippen MR) is 79.3 cm³/mol. The molecule has 2 saturated carbocycles. The molecule has 3 heteroatoms. The van der Waals surface area contributed by atoms with Gasteiger partial charge in [-0.3, -0.25) is 0 Å². The van der Waals surface area contributed by atoms with E-state index in [1.54, 1.807) is 6.07 Å².